The second kappa shape index (κ2) is 4.13. The average Bonchev–Trinajstić information content (AvgIpc) is 2.36. The van der Waals surface area contributed by atoms with E-state index in [0.29, 0.717) is 5.41 Å². The van der Waals surface area contributed by atoms with Gasteiger partial charge in [0.2, 0.25) is 0 Å². The van der Waals surface area contributed by atoms with Crippen LogP contribution >= 0.6 is 0 Å². The minimum atomic E-state index is -0.0247. The number of hydrogen-bond acceptors (Lipinski definition) is 1. The molecule has 108 valence electrons. The summed E-state index contributed by atoms with van der Waals surface area (Å²) in [5.41, 5.74) is 4.74. The lowest BCUT2D eigenvalue weighted by atomic mass is 9.33. The molecule has 1 aliphatic heterocycles. The van der Waals surface area contributed by atoms with E-state index in [1.807, 2.05) is 0 Å². The minimum absolute atomic E-state index is 0.0247. The van der Waals surface area contributed by atoms with E-state index in [-0.39, 0.29) is 17.8 Å². The molecule has 20 heavy (non-hydrogen) atoms. The Kier molecular flexibility index (Phi) is 2.93. The molecule has 0 spiro atoms. The first-order valence-corrected chi connectivity index (χ1v) is 7.96. The molecule has 0 amide bonds. The van der Waals surface area contributed by atoms with Crippen LogP contribution < -0.4 is 5.46 Å². The van der Waals surface area contributed by atoms with Gasteiger partial charge in [0.15, 0.2) is 0 Å². The molecule has 1 aromatic carbocycles. The third kappa shape index (κ3) is 1.88. The summed E-state index contributed by atoms with van der Waals surface area (Å²) in [6.45, 7) is 14.0. The van der Waals surface area contributed by atoms with Gasteiger partial charge in [-0.05, 0) is 55.1 Å². The highest BCUT2D eigenvalue weighted by Gasteiger charge is 2.59. The van der Waals surface area contributed by atoms with Crippen molar-refractivity contribution in [2.75, 3.05) is 0 Å². The molecule has 0 atom stereocenters. The lowest BCUT2D eigenvalue weighted by Gasteiger charge is -2.57. The van der Waals surface area contributed by atoms with Crippen LogP contribution in [-0.4, -0.2) is 12.5 Å². The van der Waals surface area contributed by atoms with E-state index in [9.17, 15) is 0 Å². The molecule has 0 aromatic heterocycles. The van der Waals surface area contributed by atoms with Crippen LogP contribution in [0.25, 0.3) is 0 Å². The van der Waals surface area contributed by atoms with Gasteiger partial charge in [-0.25, -0.2) is 0 Å². The Balaban J connectivity index is 1.98. The Morgan fingerprint density at radius 2 is 1.75 bits per heavy atom. The van der Waals surface area contributed by atoms with Crippen LogP contribution in [0.2, 0.25) is 5.31 Å². The topological polar surface area (TPSA) is 9.23 Å². The molecule has 0 unspecified atom stereocenters. The molecule has 1 saturated heterocycles. The van der Waals surface area contributed by atoms with Gasteiger partial charge >= 0.3 is 6.92 Å². The highest BCUT2D eigenvalue weighted by Crippen LogP contribution is 2.53. The molecular weight excluding hydrogens is 243 g/mol. The van der Waals surface area contributed by atoms with E-state index < -0.39 is 0 Å². The van der Waals surface area contributed by atoms with Crippen molar-refractivity contribution in [1.29, 1.82) is 0 Å². The Morgan fingerprint density at radius 1 is 1.05 bits per heavy atom. The van der Waals surface area contributed by atoms with Gasteiger partial charge in [-0.3, -0.25) is 0 Å². The zero-order valence-electron chi connectivity index (χ0n) is 13.8. The number of fused-ring (bicyclic) bond motifs is 1. The molecule has 1 aromatic rings. The smallest absolute Gasteiger partial charge is 0.335 e. The molecule has 2 heteroatoms. The first-order chi connectivity index (χ1) is 9.15. The van der Waals surface area contributed by atoms with Crippen LogP contribution in [0.1, 0.15) is 65.5 Å². The lowest BCUT2D eigenvalue weighted by molar-refractivity contribution is -0.00940. The highest BCUT2D eigenvalue weighted by atomic mass is 16.5. The molecular formula is C18H27BO. The maximum atomic E-state index is 6.19. The summed E-state index contributed by atoms with van der Waals surface area (Å²) in [6, 6.07) is 7.06. The summed E-state index contributed by atoms with van der Waals surface area (Å²) in [6.07, 6.45) is 3.85. The van der Waals surface area contributed by atoms with Crippen molar-refractivity contribution in [2.45, 2.75) is 77.1 Å². The monoisotopic (exact) mass is 270 g/mol. The summed E-state index contributed by atoms with van der Waals surface area (Å²) in [5.74, 6) is 0. The quantitative estimate of drug-likeness (QED) is 0.698. The van der Waals surface area contributed by atoms with Crippen LogP contribution in [0.3, 0.4) is 0 Å². The largest absolute Gasteiger partial charge is 0.425 e. The summed E-state index contributed by atoms with van der Waals surface area (Å²) in [7, 11) is 0. The first-order valence-electron chi connectivity index (χ1n) is 7.96. The normalized spacial score (nSPS) is 25.8. The molecule has 0 N–H and O–H groups in total. The maximum Gasteiger partial charge on any atom is 0.335 e. The zero-order chi connectivity index (χ0) is 14.8. The van der Waals surface area contributed by atoms with Crippen LogP contribution in [0.15, 0.2) is 18.2 Å². The molecule has 1 nitrogen and oxygen atoms in total. The van der Waals surface area contributed by atoms with Crippen molar-refractivity contribution in [3.63, 3.8) is 0 Å². The van der Waals surface area contributed by atoms with Gasteiger partial charge < -0.3 is 4.65 Å². The molecule has 1 fully saturated rings. The summed E-state index contributed by atoms with van der Waals surface area (Å²) in [5, 5.41) is 0.194. The highest BCUT2D eigenvalue weighted by molar-refractivity contribution is 6.73. The molecule has 0 radical (unpaired) electrons. The summed E-state index contributed by atoms with van der Waals surface area (Å²) in [4.78, 5) is 0. The van der Waals surface area contributed by atoms with Crippen LogP contribution in [0, 0.1) is 0 Å². The Bertz CT molecular complexity index is 542. The Labute approximate surface area is 124 Å². The first kappa shape index (κ1) is 14.2. The Morgan fingerprint density at radius 3 is 2.35 bits per heavy atom. The molecule has 1 heterocycles. The lowest BCUT2D eigenvalue weighted by Crippen LogP contribution is -2.66. The average molecular weight is 270 g/mol. The SMILES string of the molecule is CC1(C)CCCc2ccc(B3OC(C)(C)C3(C)C)cc21. The third-order valence-electron chi connectivity index (χ3n) is 6.03. The standard InChI is InChI=1S/C18H27BO/c1-16(2)11-7-8-13-9-10-14(12-15(13)16)19-17(3,4)18(5,6)20-19/h9-10,12H,7-8,11H2,1-6H3. The molecule has 0 bridgehead atoms. The van der Waals surface area contributed by atoms with Crippen molar-refractivity contribution in [1.82, 2.24) is 0 Å². The van der Waals surface area contributed by atoms with Crippen molar-refractivity contribution < 1.29 is 4.65 Å². The molecule has 2 aliphatic rings. The predicted molar refractivity (Wildman–Crippen MR) is 87.0 cm³/mol. The van der Waals surface area contributed by atoms with Crippen molar-refractivity contribution >= 4 is 12.4 Å². The van der Waals surface area contributed by atoms with Crippen LogP contribution in [0.5, 0.6) is 0 Å². The minimum Gasteiger partial charge on any atom is -0.425 e. The summed E-state index contributed by atoms with van der Waals surface area (Å²) < 4.78 is 6.19. The van der Waals surface area contributed by atoms with Crippen LogP contribution in [0.4, 0.5) is 0 Å². The van der Waals surface area contributed by atoms with Gasteiger partial charge in [0.05, 0.1) is 0 Å². The second-order valence-electron chi connectivity index (χ2n) is 8.38. The fourth-order valence-corrected chi connectivity index (χ4v) is 3.80. The fourth-order valence-electron chi connectivity index (χ4n) is 3.80. The number of rotatable bonds is 1. The van der Waals surface area contributed by atoms with Gasteiger partial charge in [-0.2, -0.15) is 0 Å². The van der Waals surface area contributed by atoms with Crippen molar-refractivity contribution in [3.05, 3.63) is 29.3 Å². The maximum absolute atomic E-state index is 6.19. The van der Waals surface area contributed by atoms with E-state index >= 15 is 0 Å². The second-order valence-corrected chi connectivity index (χ2v) is 8.38. The van der Waals surface area contributed by atoms with Crippen molar-refractivity contribution in [3.8, 4) is 0 Å². The Hall–Kier alpha value is -0.755. The van der Waals surface area contributed by atoms with E-state index in [1.54, 1.807) is 11.1 Å². The molecule has 0 saturated carbocycles. The molecule has 1 aliphatic carbocycles. The fraction of sp³-hybridized carbons (Fsp3) is 0.667. The van der Waals surface area contributed by atoms with Crippen molar-refractivity contribution in [2.24, 2.45) is 0 Å². The van der Waals surface area contributed by atoms with E-state index in [1.165, 1.54) is 24.7 Å². The van der Waals surface area contributed by atoms with Crippen LogP contribution in [-0.2, 0) is 16.5 Å². The van der Waals surface area contributed by atoms with E-state index in [0.717, 1.165) is 0 Å². The van der Waals surface area contributed by atoms with Gasteiger partial charge in [-0.15, -0.1) is 0 Å². The summed E-state index contributed by atoms with van der Waals surface area (Å²) >= 11 is 0. The van der Waals surface area contributed by atoms with Gasteiger partial charge in [0.25, 0.3) is 0 Å². The van der Waals surface area contributed by atoms with Gasteiger partial charge in [0.1, 0.15) is 0 Å². The number of aryl methyl sites for hydroxylation is 1. The number of benzene rings is 1. The molecule has 3 rings (SSSR count). The van der Waals surface area contributed by atoms with E-state index in [2.05, 4.69) is 59.7 Å². The van der Waals surface area contributed by atoms with Gasteiger partial charge in [0, 0.05) is 10.9 Å². The van der Waals surface area contributed by atoms with E-state index in [4.69, 9.17) is 4.65 Å². The van der Waals surface area contributed by atoms with Gasteiger partial charge in [-0.1, -0.05) is 45.9 Å². The zero-order valence-corrected chi connectivity index (χ0v) is 13.8. The predicted octanol–water partition coefficient (Wildman–Crippen LogP) is 4.09. The third-order valence-corrected chi connectivity index (χ3v) is 6.03. The number of hydrogen-bond donors (Lipinski definition) is 0.